The largest absolute Gasteiger partial charge is 0.349 e. The van der Waals surface area contributed by atoms with Gasteiger partial charge in [-0.25, -0.2) is 18.1 Å². The number of aromatic amines is 1. The van der Waals surface area contributed by atoms with Crippen LogP contribution >= 0.6 is 11.6 Å². The van der Waals surface area contributed by atoms with Gasteiger partial charge < -0.3 is 4.98 Å². The second kappa shape index (κ2) is 6.14. The summed E-state index contributed by atoms with van der Waals surface area (Å²) in [5.41, 5.74) is 0. The average Bonchev–Trinajstić information content (AvgIpc) is 2.88. The minimum atomic E-state index is -3.61. The van der Waals surface area contributed by atoms with Crippen LogP contribution in [0.25, 0.3) is 0 Å². The Morgan fingerprint density at radius 3 is 2.89 bits per heavy atom. The van der Waals surface area contributed by atoms with E-state index in [1.54, 1.807) is 12.4 Å². The maximum Gasteiger partial charge on any atom is 0.243 e. The predicted molar refractivity (Wildman–Crippen MR) is 71.3 cm³/mol. The van der Waals surface area contributed by atoms with Crippen LogP contribution in [0, 0.1) is 0 Å². The number of rotatable bonds is 6. The van der Waals surface area contributed by atoms with Gasteiger partial charge in [0.25, 0.3) is 0 Å². The highest BCUT2D eigenvalue weighted by Crippen LogP contribution is 2.18. The smallest absolute Gasteiger partial charge is 0.243 e. The summed E-state index contributed by atoms with van der Waals surface area (Å²) in [6.07, 6.45) is 7.39. The molecule has 19 heavy (non-hydrogen) atoms. The van der Waals surface area contributed by atoms with Crippen LogP contribution in [0.15, 0.2) is 35.7 Å². The first-order valence-corrected chi connectivity index (χ1v) is 7.53. The molecule has 2 N–H and O–H groups in total. The Balaban J connectivity index is 1.90. The molecule has 0 atom stereocenters. The Kier molecular flexibility index (Phi) is 4.52. The summed E-state index contributed by atoms with van der Waals surface area (Å²) in [4.78, 5) is 10.8. The zero-order valence-electron chi connectivity index (χ0n) is 10.0. The first kappa shape index (κ1) is 14.0. The van der Waals surface area contributed by atoms with Crippen molar-refractivity contribution in [3.05, 3.63) is 41.7 Å². The summed E-state index contributed by atoms with van der Waals surface area (Å²) >= 11 is 5.83. The Morgan fingerprint density at radius 2 is 2.21 bits per heavy atom. The van der Waals surface area contributed by atoms with Crippen molar-refractivity contribution in [3.63, 3.8) is 0 Å². The molecule has 0 bridgehead atoms. The quantitative estimate of drug-likeness (QED) is 0.789. The van der Waals surface area contributed by atoms with Gasteiger partial charge in [0, 0.05) is 37.8 Å². The highest BCUT2D eigenvalue weighted by Gasteiger charge is 2.17. The second-order valence-corrected chi connectivity index (χ2v) is 5.99. The monoisotopic (exact) mass is 300 g/mol. The van der Waals surface area contributed by atoms with E-state index in [0.717, 1.165) is 5.82 Å². The molecule has 0 fully saturated rings. The topological polar surface area (TPSA) is 87.7 Å². The van der Waals surface area contributed by atoms with Crippen molar-refractivity contribution < 1.29 is 8.42 Å². The Hall–Kier alpha value is -1.44. The van der Waals surface area contributed by atoms with Crippen LogP contribution in [0.5, 0.6) is 0 Å². The molecule has 0 spiro atoms. The molecule has 0 aliphatic heterocycles. The fourth-order valence-corrected chi connectivity index (χ4v) is 3.04. The van der Waals surface area contributed by atoms with Crippen molar-refractivity contribution >= 4 is 21.6 Å². The Bertz CT molecular complexity index is 628. The molecule has 8 heteroatoms. The van der Waals surface area contributed by atoms with Gasteiger partial charge in [0.15, 0.2) is 0 Å². The van der Waals surface area contributed by atoms with Gasteiger partial charge >= 0.3 is 0 Å². The summed E-state index contributed by atoms with van der Waals surface area (Å²) in [5.74, 6) is 0.832. The van der Waals surface area contributed by atoms with E-state index in [2.05, 4.69) is 19.7 Å². The third-order valence-corrected chi connectivity index (χ3v) is 4.39. The molecule has 0 amide bonds. The molecule has 0 saturated carbocycles. The van der Waals surface area contributed by atoms with Crippen LogP contribution in [0.1, 0.15) is 12.2 Å². The minimum Gasteiger partial charge on any atom is -0.349 e. The predicted octanol–water partition coefficient (Wildman–Crippen LogP) is 1.37. The van der Waals surface area contributed by atoms with E-state index >= 15 is 0 Å². The molecule has 2 aromatic rings. The number of pyridine rings is 1. The molecular weight excluding hydrogens is 288 g/mol. The number of sulfonamides is 1. The molecule has 6 nitrogen and oxygen atoms in total. The number of hydrogen-bond acceptors (Lipinski definition) is 4. The van der Waals surface area contributed by atoms with Gasteiger partial charge in [0.1, 0.15) is 10.7 Å². The van der Waals surface area contributed by atoms with E-state index in [4.69, 9.17) is 11.6 Å². The standard InChI is InChI=1S/C11H13ClN4O2S/c12-9-3-5-13-8-10(9)19(17,18)16-4-1-2-11-14-6-7-15-11/h3,5-8,16H,1-2,4H2,(H,14,15). The number of nitrogens with zero attached hydrogens (tertiary/aromatic N) is 2. The van der Waals surface area contributed by atoms with E-state index < -0.39 is 10.0 Å². The molecule has 0 radical (unpaired) electrons. The van der Waals surface area contributed by atoms with Gasteiger partial charge in [-0.15, -0.1) is 0 Å². The van der Waals surface area contributed by atoms with E-state index in [1.807, 2.05) is 0 Å². The summed E-state index contributed by atoms with van der Waals surface area (Å²) < 4.78 is 26.4. The summed E-state index contributed by atoms with van der Waals surface area (Å²) in [6.45, 7) is 0.314. The zero-order chi connectivity index (χ0) is 13.7. The van der Waals surface area contributed by atoms with Gasteiger partial charge in [-0.2, -0.15) is 0 Å². The lowest BCUT2D eigenvalue weighted by atomic mass is 10.3. The number of halogens is 1. The summed E-state index contributed by atoms with van der Waals surface area (Å²) in [7, 11) is -3.61. The third kappa shape index (κ3) is 3.76. The van der Waals surface area contributed by atoms with E-state index in [1.165, 1.54) is 18.5 Å². The highest BCUT2D eigenvalue weighted by molar-refractivity contribution is 7.89. The number of nitrogens with one attached hydrogen (secondary N) is 2. The fourth-order valence-electron chi connectivity index (χ4n) is 1.54. The second-order valence-electron chi connectivity index (χ2n) is 3.84. The normalized spacial score (nSPS) is 11.6. The lowest BCUT2D eigenvalue weighted by Crippen LogP contribution is -2.25. The average molecular weight is 301 g/mol. The number of aryl methyl sites for hydroxylation is 1. The van der Waals surface area contributed by atoms with E-state index in [0.29, 0.717) is 19.4 Å². The third-order valence-electron chi connectivity index (χ3n) is 2.46. The van der Waals surface area contributed by atoms with Crippen LogP contribution < -0.4 is 4.72 Å². The van der Waals surface area contributed by atoms with Crippen molar-refractivity contribution in [1.82, 2.24) is 19.7 Å². The number of H-pyrrole nitrogens is 1. The van der Waals surface area contributed by atoms with Crippen LogP contribution in [0.3, 0.4) is 0 Å². The molecule has 0 saturated heterocycles. The number of imidazole rings is 1. The zero-order valence-corrected chi connectivity index (χ0v) is 11.6. The first-order valence-electron chi connectivity index (χ1n) is 5.67. The van der Waals surface area contributed by atoms with Gasteiger partial charge in [0.05, 0.1) is 5.02 Å². The van der Waals surface area contributed by atoms with Crippen molar-refractivity contribution in [1.29, 1.82) is 0 Å². The molecule has 2 aromatic heterocycles. The van der Waals surface area contributed by atoms with Crippen LogP contribution in [0.4, 0.5) is 0 Å². The molecule has 0 aromatic carbocycles. The van der Waals surface area contributed by atoms with Crippen molar-refractivity contribution in [2.75, 3.05) is 6.54 Å². The first-order chi connectivity index (χ1) is 9.09. The SMILES string of the molecule is O=S(=O)(NCCCc1ncc[nH]1)c1cnccc1Cl. The lowest BCUT2D eigenvalue weighted by molar-refractivity contribution is 0.578. The lowest BCUT2D eigenvalue weighted by Gasteiger charge is -2.07. The van der Waals surface area contributed by atoms with Crippen molar-refractivity contribution in [3.8, 4) is 0 Å². The van der Waals surface area contributed by atoms with E-state index in [9.17, 15) is 8.42 Å². The van der Waals surface area contributed by atoms with Crippen LogP contribution in [-0.4, -0.2) is 29.9 Å². The van der Waals surface area contributed by atoms with Gasteiger partial charge in [0.2, 0.25) is 10.0 Å². The summed E-state index contributed by atoms with van der Waals surface area (Å²) in [6, 6.07) is 1.44. The van der Waals surface area contributed by atoms with Gasteiger partial charge in [-0.3, -0.25) is 4.98 Å². The van der Waals surface area contributed by atoms with Gasteiger partial charge in [-0.05, 0) is 12.5 Å². The number of aromatic nitrogens is 3. The maximum atomic E-state index is 12.0. The molecular formula is C11H13ClN4O2S. The van der Waals surface area contributed by atoms with Crippen LogP contribution in [0.2, 0.25) is 5.02 Å². The molecule has 0 aliphatic carbocycles. The Labute approximate surface area is 116 Å². The molecule has 0 unspecified atom stereocenters. The number of hydrogen-bond donors (Lipinski definition) is 2. The van der Waals surface area contributed by atoms with Crippen molar-refractivity contribution in [2.45, 2.75) is 17.7 Å². The van der Waals surface area contributed by atoms with Gasteiger partial charge in [-0.1, -0.05) is 11.6 Å². The van der Waals surface area contributed by atoms with Crippen LogP contribution in [-0.2, 0) is 16.4 Å². The Morgan fingerprint density at radius 1 is 1.37 bits per heavy atom. The van der Waals surface area contributed by atoms with E-state index in [-0.39, 0.29) is 9.92 Å². The minimum absolute atomic E-state index is 0.00494. The molecule has 2 rings (SSSR count). The molecule has 2 heterocycles. The summed E-state index contributed by atoms with van der Waals surface area (Å²) in [5, 5.41) is 0.161. The fraction of sp³-hybridized carbons (Fsp3) is 0.273. The molecule has 102 valence electrons. The molecule has 0 aliphatic rings. The highest BCUT2D eigenvalue weighted by atomic mass is 35.5. The maximum absolute atomic E-state index is 12.0. The van der Waals surface area contributed by atoms with Crippen molar-refractivity contribution in [2.24, 2.45) is 0 Å².